The average Bonchev–Trinajstić information content (AvgIpc) is 2.94. The van der Waals surface area contributed by atoms with Crippen LogP contribution in [0.5, 0.6) is 0 Å². The number of hydrogen-bond acceptors (Lipinski definition) is 4. The second-order valence-corrected chi connectivity index (χ2v) is 6.00. The lowest BCUT2D eigenvalue weighted by molar-refractivity contribution is -0.138. The Morgan fingerprint density at radius 3 is 2.61 bits per heavy atom. The molecule has 1 aromatic carbocycles. The molecule has 1 fully saturated rings. The molecular formula is C16H21F3N2O2. The van der Waals surface area contributed by atoms with E-state index in [-0.39, 0.29) is 17.7 Å². The first-order valence-corrected chi connectivity index (χ1v) is 7.39. The van der Waals surface area contributed by atoms with Gasteiger partial charge in [0, 0.05) is 25.7 Å². The summed E-state index contributed by atoms with van der Waals surface area (Å²) in [5.74, 6) is -0.768. The topological polar surface area (TPSA) is 32.8 Å². The number of carbonyl (C=O) groups excluding carboxylic acids is 1. The van der Waals surface area contributed by atoms with Crippen LogP contribution in [-0.2, 0) is 17.5 Å². The smallest absolute Gasteiger partial charge is 0.416 e. The fourth-order valence-corrected chi connectivity index (χ4v) is 2.84. The van der Waals surface area contributed by atoms with E-state index in [1.165, 1.54) is 12.1 Å². The van der Waals surface area contributed by atoms with Crippen LogP contribution >= 0.6 is 0 Å². The number of alkyl halides is 3. The Labute approximate surface area is 133 Å². The largest absolute Gasteiger partial charge is 0.465 e. The van der Waals surface area contributed by atoms with E-state index in [0.29, 0.717) is 6.04 Å². The van der Waals surface area contributed by atoms with Gasteiger partial charge in [-0.3, -0.25) is 4.90 Å². The summed E-state index contributed by atoms with van der Waals surface area (Å²) < 4.78 is 44.4. The Bertz CT molecular complexity index is 573. The molecule has 1 atom stereocenters. The zero-order valence-electron chi connectivity index (χ0n) is 13.5. The quantitative estimate of drug-likeness (QED) is 0.795. The summed E-state index contributed by atoms with van der Waals surface area (Å²) in [5.41, 5.74) is -0.672. The molecule has 1 aliphatic heterocycles. The Morgan fingerprint density at radius 1 is 1.39 bits per heavy atom. The summed E-state index contributed by atoms with van der Waals surface area (Å²) in [5, 5.41) is 0. The van der Waals surface area contributed by atoms with Crippen molar-refractivity contribution in [3.05, 3.63) is 34.9 Å². The molecule has 4 nitrogen and oxygen atoms in total. The SMILES string of the molecule is COC(=O)c1ccc(CN2CCC(N(C)C)C2)c(C(F)(F)F)c1. The second-order valence-electron chi connectivity index (χ2n) is 6.00. The lowest BCUT2D eigenvalue weighted by Gasteiger charge is -2.22. The molecule has 2 rings (SSSR count). The minimum absolute atomic E-state index is 0.0869. The summed E-state index contributed by atoms with van der Waals surface area (Å²) in [6, 6.07) is 3.99. The van der Waals surface area contributed by atoms with Crippen molar-refractivity contribution in [2.45, 2.75) is 25.2 Å². The standard InChI is InChI=1S/C16H21F3N2O2/c1-20(2)13-6-7-21(10-13)9-12-5-4-11(15(22)23-3)8-14(12)16(17,18)19/h4-5,8,13H,6-7,9-10H2,1-3H3. The van der Waals surface area contributed by atoms with Gasteiger partial charge in [-0.25, -0.2) is 4.79 Å². The molecular weight excluding hydrogens is 309 g/mol. The van der Waals surface area contributed by atoms with Crippen LogP contribution < -0.4 is 0 Å². The number of likely N-dealkylation sites (N-methyl/N-ethyl adjacent to an activating group) is 1. The Balaban J connectivity index is 2.23. The highest BCUT2D eigenvalue weighted by Crippen LogP contribution is 2.34. The number of halogens is 3. The molecule has 7 heteroatoms. The first kappa shape index (κ1) is 17.7. The fraction of sp³-hybridized carbons (Fsp3) is 0.562. The van der Waals surface area contributed by atoms with Gasteiger partial charge < -0.3 is 9.64 Å². The number of ether oxygens (including phenoxy) is 1. The van der Waals surface area contributed by atoms with Crippen LogP contribution in [0.25, 0.3) is 0 Å². The van der Waals surface area contributed by atoms with Crippen LogP contribution in [0.3, 0.4) is 0 Å². The van der Waals surface area contributed by atoms with E-state index in [1.807, 2.05) is 19.0 Å². The lowest BCUT2D eigenvalue weighted by atomic mass is 10.0. The van der Waals surface area contributed by atoms with Crippen LogP contribution in [0, 0.1) is 0 Å². The third-order valence-corrected chi connectivity index (χ3v) is 4.21. The molecule has 0 aromatic heterocycles. The van der Waals surface area contributed by atoms with Crippen molar-refractivity contribution in [2.24, 2.45) is 0 Å². The van der Waals surface area contributed by atoms with E-state index in [9.17, 15) is 18.0 Å². The molecule has 0 bridgehead atoms. The van der Waals surface area contributed by atoms with Crippen molar-refractivity contribution in [3.63, 3.8) is 0 Å². The number of benzene rings is 1. The van der Waals surface area contributed by atoms with Gasteiger partial charge in [0.15, 0.2) is 0 Å². The normalized spacial score (nSPS) is 19.3. The first-order valence-electron chi connectivity index (χ1n) is 7.39. The zero-order chi connectivity index (χ0) is 17.2. The van der Waals surface area contributed by atoms with Crippen LogP contribution in [0.1, 0.15) is 27.9 Å². The fourth-order valence-electron chi connectivity index (χ4n) is 2.84. The van der Waals surface area contributed by atoms with Gasteiger partial charge in [-0.1, -0.05) is 6.07 Å². The predicted molar refractivity (Wildman–Crippen MR) is 80.2 cm³/mol. The highest BCUT2D eigenvalue weighted by Gasteiger charge is 2.35. The molecule has 1 aromatic rings. The predicted octanol–water partition coefficient (Wildman–Crippen LogP) is 2.63. The Kier molecular flexibility index (Phi) is 5.31. The molecule has 23 heavy (non-hydrogen) atoms. The summed E-state index contributed by atoms with van der Waals surface area (Å²) >= 11 is 0. The summed E-state index contributed by atoms with van der Waals surface area (Å²) in [6.45, 7) is 1.72. The molecule has 1 aliphatic rings. The molecule has 128 valence electrons. The second kappa shape index (κ2) is 6.88. The van der Waals surface area contributed by atoms with Gasteiger partial charge in [0.2, 0.25) is 0 Å². The zero-order valence-corrected chi connectivity index (χ0v) is 13.5. The van der Waals surface area contributed by atoms with Crippen molar-refractivity contribution >= 4 is 5.97 Å². The Morgan fingerprint density at radius 2 is 2.09 bits per heavy atom. The van der Waals surface area contributed by atoms with E-state index in [1.54, 1.807) is 0 Å². The molecule has 1 heterocycles. The highest BCUT2D eigenvalue weighted by molar-refractivity contribution is 5.89. The number of carbonyl (C=O) groups is 1. The van der Waals surface area contributed by atoms with E-state index < -0.39 is 17.7 Å². The van der Waals surface area contributed by atoms with E-state index in [0.717, 1.165) is 32.7 Å². The van der Waals surface area contributed by atoms with Gasteiger partial charge in [-0.15, -0.1) is 0 Å². The number of hydrogen-bond donors (Lipinski definition) is 0. The third kappa shape index (κ3) is 4.23. The van der Waals surface area contributed by atoms with Crippen molar-refractivity contribution < 1.29 is 22.7 Å². The maximum absolute atomic E-state index is 13.3. The summed E-state index contributed by atoms with van der Waals surface area (Å²) in [6.07, 6.45) is -3.56. The van der Waals surface area contributed by atoms with Crippen molar-refractivity contribution in [1.82, 2.24) is 9.80 Å². The molecule has 0 N–H and O–H groups in total. The maximum Gasteiger partial charge on any atom is 0.416 e. The Hall–Kier alpha value is -1.60. The van der Waals surface area contributed by atoms with E-state index in [4.69, 9.17) is 0 Å². The van der Waals surface area contributed by atoms with Gasteiger partial charge >= 0.3 is 12.1 Å². The van der Waals surface area contributed by atoms with Crippen LogP contribution in [0.4, 0.5) is 13.2 Å². The van der Waals surface area contributed by atoms with Gasteiger partial charge in [0.1, 0.15) is 0 Å². The molecule has 0 aliphatic carbocycles. The molecule has 0 saturated carbocycles. The molecule has 0 spiro atoms. The maximum atomic E-state index is 13.3. The number of likely N-dealkylation sites (tertiary alicyclic amines) is 1. The summed E-state index contributed by atoms with van der Waals surface area (Å²) in [4.78, 5) is 15.6. The lowest BCUT2D eigenvalue weighted by Crippen LogP contribution is -2.31. The van der Waals surface area contributed by atoms with Crippen LogP contribution in [0.15, 0.2) is 18.2 Å². The average molecular weight is 330 g/mol. The van der Waals surface area contributed by atoms with Gasteiger partial charge in [0.05, 0.1) is 18.2 Å². The minimum Gasteiger partial charge on any atom is -0.465 e. The molecule has 0 radical (unpaired) electrons. The first-order chi connectivity index (χ1) is 10.7. The summed E-state index contributed by atoms with van der Waals surface area (Å²) in [7, 11) is 5.09. The van der Waals surface area contributed by atoms with Gasteiger partial charge in [0.25, 0.3) is 0 Å². The van der Waals surface area contributed by atoms with Crippen LogP contribution in [-0.4, -0.2) is 56.1 Å². The van der Waals surface area contributed by atoms with Crippen LogP contribution in [0.2, 0.25) is 0 Å². The number of nitrogens with zero attached hydrogens (tertiary/aromatic N) is 2. The number of methoxy groups -OCH3 is 1. The van der Waals surface area contributed by atoms with E-state index in [2.05, 4.69) is 9.64 Å². The van der Waals surface area contributed by atoms with E-state index >= 15 is 0 Å². The molecule has 1 unspecified atom stereocenters. The van der Waals surface area contributed by atoms with Crippen molar-refractivity contribution in [1.29, 1.82) is 0 Å². The highest BCUT2D eigenvalue weighted by atomic mass is 19.4. The minimum atomic E-state index is -4.50. The third-order valence-electron chi connectivity index (χ3n) is 4.21. The van der Waals surface area contributed by atoms with Crippen molar-refractivity contribution in [3.8, 4) is 0 Å². The molecule has 1 saturated heterocycles. The van der Waals surface area contributed by atoms with Gasteiger partial charge in [-0.2, -0.15) is 13.2 Å². The number of rotatable bonds is 4. The number of esters is 1. The van der Waals surface area contributed by atoms with Crippen molar-refractivity contribution in [2.75, 3.05) is 34.3 Å². The monoisotopic (exact) mass is 330 g/mol. The molecule has 0 amide bonds. The van der Waals surface area contributed by atoms with Gasteiger partial charge in [-0.05, 0) is 38.2 Å².